The zero-order valence-corrected chi connectivity index (χ0v) is 11.5. The SMILES string of the molecule is Cc1ccc2c(c1)CCC(c1ccc(C(N)=O)cc1)N2. The van der Waals surface area contributed by atoms with Crippen LogP contribution in [0, 0.1) is 6.92 Å². The van der Waals surface area contributed by atoms with Crippen LogP contribution >= 0.6 is 0 Å². The number of anilines is 1. The number of nitrogens with one attached hydrogen (secondary N) is 1. The molecule has 102 valence electrons. The van der Waals surface area contributed by atoms with E-state index in [2.05, 4.69) is 30.4 Å². The summed E-state index contributed by atoms with van der Waals surface area (Å²) in [5, 5.41) is 3.57. The molecule has 1 unspecified atom stereocenters. The Hall–Kier alpha value is -2.29. The van der Waals surface area contributed by atoms with E-state index in [0.29, 0.717) is 11.6 Å². The molecular formula is C17H18N2O. The summed E-state index contributed by atoms with van der Waals surface area (Å²) in [4.78, 5) is 11.1. The van der Waals surface area contributed by atoms with Crippen LogP contribution in [0.5, 0.6) is 0 Å². The fourth-order valence-electron chi connectivity index (χ4n) is 2.76. The van der Waals surface area contributed by atoms with Gasteiger partial charge in [0.05, 0.1) is 6.04 Å². The fourth-order valence-corrected chi connectivity index (χ4v) is 2.76. The molecule has 2 aromatic rings. The lowest BCUT2D eigenvalue weighted by Crippen LogP contribution is -2.18. The van der Waals surface area contributed by atoms with E-state index in [1.54, 1.807) is 12.1 Å². The predicted molar refractivity (Wildman–Crippen MR) is 80.8 cm³/mol. The number of aryl methyl sites for hydroxylation is 2. The minimum atomic E-state index is -0.381. The van der Waals surface area contributed by atoms with Crippen molar-refractivity contribution in [3.63, 3.8) is 0 Å². The first-order chi connectivity index (χ1) is 9.63. The van der Waals surface area contributed by atoms with E-state index in [-0.39, 0.29) is 5.91 Å². The Bertz CT molecular complexity index is 647. The van der Waals surface area contributed by atoms with Crippen molar-refractivity contribution in [3.05, 3.63) is 64.7 Å². The molecular weight excluding hydrogens is 248 g/mol. The Morgan fingerprint density at radius 1 is 1.20 bits per heavy atom. The van der Waals surface area contributed by atoms with Crippen LogP contribution in [0.1, 0.15) is 39.5 Å². The molecule has 0 saturated heterocycles. The number of hydrogen-bond acceptors (Lipinski definition) is 2. The van der Waals surface area contributed by atoms with Crippen molar-refractivity contribution in [1.82, 2.24) is 0 Å². The molecule has 0 saturated carbocycles. The zero-order chi connectivity index (χ0) is 14.1. The van der Waals surface area contributed by atoms with Crippen LogP contribution in [0.3, 0.4) is 0 Å². The second-order valence-electron chi connectivity index (χ2n) is 5.38. The first-order valence-electron chi connectivity index (χ1n) is 6.89. The Labute approximate surface area is 118 Å². The van der Waals surface area contributed by atoms with E-state index >= 15 is 0 Å². The quantitative estimate of drug-likeness (QED) is 0.877. The third-order valence-corrected chi connectivity index (χ3v) is 3.89. The van der Waals surface area contributed by atoms with Crippen molar-refractivity contribution in [2.24, 2.45) is 5.73 Å². The minimum absolute atomic E-state index is 0.298. The van der Waals surface area contributed by atoms with Crippen molar-refractivity contribution in [1.29, 1.82) is 0 Å². The maximum absolute atomic E-state index is 11.1. The Morgan fingerprint density at radius 2 is 1.95 bits per heavy atom. The highest BCUT2D eigenvalue weighted by molar-refractivity contribution is 5.92. The molecule has 3 heteroatoms. The number of benzene rings is 2. The third-order valence-electron chi connectivity index (χ3n) is 3.89. The van der Waals surface area contributed by atoms with E-state index < -0.39 is 0 Å². The van der Waals surface area contributed by atoms with E-state index in [1.165, 1.54) is 22.4 Å². The zero-order valence-electron chi connectivity index (χ0n) is 11.5. The van der Waals surface area contributed by atoms with Crippen molar-refractivity contribution in [2.45, 2.75) is 25.8 Å². The highest BCUT2D eigenvalue weighted by Crippen LogP contribution is 2.33. The summed E-state index contributed by atoms with van der Waals surface area (Å²) in [5.41, 5.74) is 10.9. The van der Waals surface area contributed by atoms with Gasteiger partial charge in [-0.25, -0.2) is 0 Å². The number of carbonyl (C=O) groups is 1. The topological polar surface area (TPSA) is 55.1 Å². The maximum Gasteiger partial charge on any atom is 0.248 e. The monoisotopic (exact) mass is 266 g/mol. The molecule has 0 radical (unpaired) electrons. The van der Waals surface area contributed by atoms with Crippen molar-refractivity contribution < 1.29 is 4.79 Å². The summed E-state index contributed by atoms with van der Waals surface area (Å²) < 4.78 is 0. The number of carbonyl (C=O) groups excluding carboxylic acids is 1. The number of fused-ring (bicyclic) bond motifs is 1. The molecule has 1 amide bonds. The van der Waals surface area contributed by atoms with Crippen LogP contribution in [-0.2, 0) is 6.42 Å². The number of nitrogens with two attached hydrogens (primary N) is 1. The van der Waals surface area contributed by atoms with Gasteiger partial charge in [-0.15, -0.1) is 0 Å². The lowest BCUT2D eigenvalue weighted by Gasteiger charge is -2.27. The first kappa shape index (κ1) is 12.7. The van der Waals surface area contributed by atoms with Crippen LogP contribution < -0.4 is 11.1 Å². The van der Waals surface area contributed by atoms with Gasteiger partial charge in [-0.2, -0.15) is 0 Å². The van der Waals surface area contributed by atoms with E-state index in [4.69, 9.17) is 5.73 Å². The van der Waals surface area contributed by atoms with Gasteiger partial charge in [0, 0.05) is 11.3 Å². The second-order valence-corrected chi connectivity index (χ2v) is 5.38. The third kappa shape index (κ3) is 2.39. The van der Waals surface area contributed by atoms with Crippen molar-refractivity contribution in [3.8, 4) is 0 Å². The molecule has 1 atom stereocenters. The second kappa shape index (κ2) is 5.00. The fraction of sp³-hybridized carbons (Fsp3) is 0.235. The highest BCUT2D eigenvalue weighted by atomic mass is 16.1. The summed E-state index contributed by atoms with van der Waals surface area (Å²) in [6.07, 6.45) is 2.14. The molecule has 1 aliphatic heterocycles. The van der Waals surface area contributed by atoms with Gasteiger partial charge in [-0.1, -0.05) is 29.8 Å². The van der Waals surface area contributed by atoms with Crippen LogP contribution in [0.25, 0.3) is 0 Å². The summed E-state index contributed by atoms with van der Waals surface area (Å²) in [6, 6.07) is 14.4. The van der Waals surface area contributed by atoms with E-state index in [0.717, 1.165) is 12.8 Å². The standard InChI is InChI=1S/C17H18N2O/c1-11-2-8-16-14(10-11)7-9-15(19-16)12-3-5-13(6-4-12)17(18)20/h2-6,8,10,15,19H,7,9H2,1H3,(H2,18,20). The van der Waals surface area contributed by atoms with Gasteiger partial charge in [0.2, 0.25) is 5.91 Å². The predicted octanol–water partition coefficient (Wildman–Crippen LogP) is 3.19. The van der Waals surface area contributed by atoms with Crippen LogP contribution in [0.2, 0.25) is 0 Å². The molecule has 3 nitrogen and oxygen atoms in total. The maximum atomic E-state index is 11.1. The summed E-state index contributed by atoms with van der Waals surface area (Å²) in [5.74, 6) is -0.381. The Morgan fingerprint density at radius 3 is 2.65 bits per heavy atom. The smallest absolute Gasteiger partial charge is 0.248 e. The molecule has 0 bridgehead atoms. The van der Waals surface area contributed by atoms with Gasteiger partial charge in [0.1, 0.15) is 0 Å². The molecule has 3 rings (SSSR count). The van der Waals surface area contributed by atoms with Crippen LogP contribution in [0.4, 0.5) is 5.69 Å². The average molecular weight is 266 g/mol. The van der Waals surface area contributed by atoms with Gasteiger partial charge in [-0.3, -0.25) is 4.79 Å². The lowest BCUT2D eigenvalue weighted by molar-refractivity contribution is 0.100. The number of primary amides is 1. The number of rotatable bonds is 2. The Balaban J connectivity index is 1.83. The van der Waals surface area contributed by atoms with E-state index in [9.17, 15) is 4.79 Å². The molecule has 0 aromatic heterocycles. The Kier molecular flexibility index (Phi) is 3.18. The van der Waals surface area contributed by atoms with E-state index in [1.807, 2.05) is 12.1 Å². The summed E-state index contributed by atoms with van der Waals surface area (Å²) in [6.45, 7) is 2.12. The first-order valence-corrected chi connectivity index (χ1v) is 6.89. The average Bonchev–Trinajstić information content (AvgIpc) is 2.47. The lowest BCUT2D eigenvalue weighted by atomic mass is 9.92. The van der Waals surface area contributed by atoms with Gasteiger partial charge in [0.25, 0.3) is 0 Å². The molecule has 1 aliphatic rings. The molecule has 0 spiro atoms. The summed E-state index contributed by atoms with van der Waals surface area (Å²) >= 11 is 0. The van der Waals surface area contributed by atoms with Gasteiger partial charge in [0.15, 0.2) is 0 Å². The molecule has 3 N–H and O–H groups in total. The molecule has 0 fully saturated rings. The largest absolute Gasteiger partial charge is 0.378 e. The van der Waals surface area contributed by atoms with Crippen molar-refractivity contribution in [2.75, 3.05) is 5.32 Å². The molecule has 1 heterocycles. The summed E-state index contributed by atoms with van der Waals surface area (Å²) in [7, 11) is 0. The van der Waals surface area contributed by atoms with Crippen LogP contribution in [0.15, 0.2) is 42.5 Å². The van der Waals surface area contributed by atoms with Crippen molar-refractivity contribution >= 4 is 11.6 Å². The minimum Gasteiger partial charge on any atom is -0.378 e. The van der Waals surface area contributed by atoms with Gasteiger partial charge < -0.3 is 11.1 Å². The molecule has 0 aliphatic carbocycles. The van der Waals surface area contributed by atoms with Gasteiger partial charge in [-0.05, 0) is 49.1 Å². The number of hydrogen-bond donors (Lipinski definition) is 2. The number of amides is 1. The normalized spacial score (nSPS) is 17.1. The van der Waals surface area contributed by atoms with Gasteiger partial charge >= 0.3 is 0 Å². The highest BCUT2D eigenvalue weighted by Gasteiger charge is 2.19. The molecule has 20 heavy (non-hydrogen) atoms. The molecule has 2 aromatic carbocycles. The van der Waals surface area contributed by atoms with Crippen LogP contribution in [-0.4, -0.2) is 5.91 Å².